The van der Waals surface area contributed by atoms with Crippen LogP contribution in [0.4, 0.5) is 5.69 Å². The number of hydrogen-bond acceptors (Lipinski definition) is 8. The van der Waals surface area contributed by atoms with Gasteiger partial charge in [-0.15, -0.1) is 0 Å². The van der Waals surface area contributed by atoms with Crippen molar-refractivity contribution in [3.8, 4) is 23.0 Å². The molecule has 0 fully saturated rings. The largest absolute Gasteiger partial charge is 0.497 e. The fourth-order valence-corrected chi connectivity index (χ4v) is 6.42. The summed E-state index contributed by atoms with van der Waals surface area (Å²) in [6.45, 7) is 8.75. The van der Waals surface area contributed by atoms with E-state index in [0.29, 0.717) is 17.9 Å². The van der Waals surface area contributed by atoms with Crippen molar-refractivity contribution in [2.75, 3.05) is 39.3 Å². The zero-order chi connectivity index (χ0) is 34.2. The van der Waals surface area contributed by atoms with E-state index in [0.717, 1.165) is 15.4 Å². The van der Waals surface area contributed by atoms with Crippen LogP contribution in [-0.2, 0) is 26.2 Å². The first-order valence-electron chi connectivity index (χ1n) is 14.8. The van der Waals surface area contributed by atoms with Crippen LogP contribution in [0.2, 0.25) is 0 Å². The number of rotatable bonds is 14. The van der Waals surface area contributed by atoms with E-state index in [-0.39, 0.29) is 34.5 Å². The number of methoxy groups -OCH3 is 4. The molecule has 0 bridgehead atoms. The summed E-state index contributed by atoms with van der Waals surface area (Å²) in [5.74, 6) is 0.140. The molecule has 250 valence electrons. The molecular formula is C34H45N3O8S. The third kappa shape index (κ3) is 8.63. The lowest BCUT2D eigenvalue weighted by atomic mass is 10.0. The summed E-state index contributed by atoms with van der Waals surface area (Å²) >= 11 is 0. The van der Waals surface area contributed by atoms with E-state index in [1.54, 1.807) is 12.1 Å². The van der Waals surface area contributed by atoms with Crippen molar-refractivity contribution in [1.82, 2.24) is 10.2 Å². The lowest BCUT2D eigenvalue weighted by Crippen LogP contribution is -2.55. The highest BCUT2D eigenvalue weighted by Crippen LogP contribution is 2.38. The van der Waals surface area contributed by atoms with Crippen LogP contribution in [0, 0.1) is 6.92 Å². The smallest absolute Gasteiger partial charge is 0.265 e. The average molecular weight is 656 g/mol. The lowest BCUT2D eigenvalue weighted by Gasteiger charge is -2.35. The van der Waals surface area contributed by atoms with Crippen LogP contribution in [0.1, 0.15) is 45.2 Å². The summed E-state index contributed by atoms with van der Waals surface area (Å²) in [6, 6.07) is 15.6. The molecule has 0 radical (unpaired) electrons. The number of hydrogen-bond donors (Lipinski definition) is 1. The van der Waals surface area contributed by atoms with Crippen molar-refractivity contribution < 1.29 is 37.0 Å². The number of amides is 2. The molecule has 46 heavy (non-hydrogen) atoms. The monoisotopic (exact) mass is 655 g/mol. The number of nitrogens with one attached hydrogen (secondary N) is 1. The highest BCUT2D eigenvalue weighted by atomic mass is 32.2. The number of sulfonamides is 1. The molecule has 0 aromatic heterocycles. The SMILES string of the molecule is CC[C@H](C(=O)NC(C)(C)C)N(Cc1cccc(C)c1)C(=O)CN(c1cc(OC)ccc1OC)S(=O)(=O)c1ccc(OC)c(OC)c1. The van der Waals surface area contributed by atoms with Crippen LogP contribution in [0.3, 0.4) is 0 Å². The molecule has 1 N–H and O–H groups in total. The van der Waals surface area contributed by atoms with Gasteiger partial charge in [-0.05, 0) is 63.9 Å². The summed E-state index contributed by atoms with van der Waals surface area (Å²) in [7, 11) is 1.26. The van der Waals surface area contributed by atoms with E-state index in [1.807, 2.05) is 58.9 Å². The molecule has 0 spiro atoms. The number of aryl methyl sites for hydroxylation is 1. The molecule has 0 saturated heterocycles. The molecule has 0 heterocycles. The molecule has 0 saturated carbocycles. The van der Waals surface area contributed by atoms with Gasteiger partial charge < -0.3 is 29.2 Å². The van der Waals surface area contributed by atoms with E-state index in [2.05, 4.69) is 5.32 Å². The Labute approximate surface area is 272 Å². The molecule has 2 amide bonds. The minimum absolute atomic E-state index is 0.0766. The van der Waals surface area contributed by atoms with E-state index < -0.39 is 34.1 Å². The van der Waals surface area contributed by atoms with Gasteiger partial charge in [-0.3, -0.25) is 13.9 Å². The van der Waals surface area contributed by atoms with E-state index in [1.165, 1.54) is 57.6 Å². The highest BCUT2D eigenvalue weighted by molar-refractivity contribution is 7.92. The Morgan fingerprint density at radius 3 is 2.07 bits per heavy atom. The first-order valence-corrected chi connectivity index (χ1v) is 16.3. The zero-order valence-electron chi connectivity index (χ0n) is 28.0. The molecule has 11 nitrogen and oxygen atoms in total. The Hall–Kier alpha value is -4.45. The molecule has 0 aliphatic heterocycles. The lowest BCUT2D eigenvalue weighted by molar-refractivity contribution is -0.141. The fraction of sp³-hybridized carbons (Fsp3) is 0.412. The predicted molar refractivity (Wildman–Crippen MR) is 177 cm³/mol. The summed E-state index contributed by atoms with van der Waals surface area (Å²) in [4.78, 5) is 29.3. The number of carbonyl (C=O) groups excluding carboxylic acids is 2. The third-order valence-corrected chi connectivity index (χ3v) is 8.95. The van der Waals surface area contributed by atoms with Gasteiger partial charge in [0.25, 0.3) is 10.0 Å². The molecule has 0 aliphatic rings. The van der Waals surface area contributed by atoms with Crippen molar-refractivity contribution in [1.29, 1.82) is 0 Å². The zero-order valence-corrected chi connectivity index (χ0v) is 28.9. The Bertz CT molecular complexity index is 1640. The quantitative estimate of drug-likeness (QED) is 0.259. The summed E-state index contributed by atoms with van der Waals surface area (Å²) < 4.78 is 51.6. The molecule has 1 atom stereocenters. The van der Waals surface area contributed by atoms with Crippen molar-refractivity contribution in [2.45, 2.75) is 64.1 Å². The van der Waals surface area contributed by atoms with Crippen molar-refractivity contribution in [3.05, 3.63) is 71.8 Å². The van der Waals surface area contributed by atoms with Gasteiger partial charge in [-0.2, -0.15) is 0 Å². The topological polar surface area (TPSA) is 124 Å². The van der Waals surface area contributed by atoms with Crippen molar-refractivity contribution >= 4 is 27.5 Å². The molecule has 3 aromatic rings. The van der Waals surface area contributed by atoms with Crippen molar-refractivity contribution in [2.24, 2.45) is 0 Å². The Morgan fingerprint density at radius 1 is 0.848 bits per heavy atom. The van der Waals surface area contributed by atoms with Gasteiger partial charge >= 0.3 is 0 Å². The van der Waals surface area contributed by atoms with Crippen LogP contribution in [0.5, 0.6) is 23.0 Å². The molecular weight excluding hydrogens is 610 g/mol. The van der Waals surface area contributed by atoms with Crippen LogP contribution in [-0.4, -0.2) is 71.7 Å². The van der Waals surface area contributed by atoms with E-state index in [4.69, 9.17) is 18.9 Å². The van der Waals surface area contributed by atoms with Gasteiger partial charge in [0.05, 0.1) is 39.0 Å². The van der Waals surface area contributed by atoms with Crippen LogP contribution >= 0.6 is 0 Å². The number of nitrogens with zero attached hydrogens (tertiary/aromatic N) is 2. The summed E-state index contributed by atoms with van der Waals surface area (Å²) in [5.41, 5.74) is 1.30. The minimum Gasteiger partial charge on any atom is -0.497 e. The maximum absolute atomic E-state index is 14.5. The van der Waals surface area contributed by atoms with Gasteiger partial charge in [-0.1, -0.05) is 36.8 Å². The normalized spacial score (nSPS) is 12.1. The third-order valence-electron chi connectivity index (χ3n) is 7.20. The highest BCUT2D eigenvalue weighted by Gasteiger charge is 2.36. The van der Waals surface area contributed by atoms with E-state index in [9.17, 15) is 18.0 Å². The van der Waals surface area contributed by atoms with Crippen LogP contribution in [0.25, 0.3) is 0 Å². The van der Waals surface area contributed by atoms with Gasteiger partial charge in [0, 0.05) is 24.2 Å². The maximum Gasteiger partial charge on any atom is 0.265 e. The second kappa shape index (κ2) is 15.2. The van der Waals surface area contributed by atoms with Crippen molar-refractivity contribution in [3.63, 3.8) is 0 Å². The summed E-state index contributed by atoms with van der Waals surface area (Å²) in [6.07, 6.45) is 0.296. The maximum atomic E-state index is 14.5. The second-order valence-electron chi connectivity index (χ2n) is 11.7. The number of ether oxygens (including phenoxy) is 4. The fourth-order valence-electron chi connectivity index (χ4n) is 4.99. The Morgan fingerprint density at radius 2 is 1.50 bits per heavy atom. The summed E-state index contributed by atoms with van der Waals surface area (Å²) in [5, 5.41) is 2.97. The Balaban J connectivity index is 2.21. The first-order chi connectivity index (χ1) is 21.7. The molecule has 0 aliphatic carbocycles. The van der Waals surface area contributed by atoms with Crippen LogP contribution in [0.15, 0.2) is 65.6 Å². The first kappa shape index (κ1) is 36.0. The standard InChI is InChI=1S/C34H45N3O8S/c1-10-27(33(39)35-34(3,4)5)36(21-24-13-11-12-23(2)18-24)32(38)22-37(28-19-25(42-6)14-16-29(28)43-7)46(40,41)26-15-17-30(44-8)31(20-26)45-9/h11-20,27H,10,21-22H2,1-9H3,(H,35,39)/t27-/m1/s1. The number of anilines is 1. The molecule has 3 aromatic carbocycles. The molecule has 0 unspecified atom stereocenters. The molecule has 3 rings (SSSR count). The average Bonchev–Trinajstić information content (AvgIpc) is 3.01. The van der Waals surface area contributed by atoms with Gasteiger partial charge in [0.2, 0.25) is 11.8 Å². The number of benzene rings is 3. The molecule has 12 heteroatoms. The second-order valence-corrected chi connectivity index (χ2v) is 13.6. The van der Waals surface area contributed by atoms with E-state index >= 15 is 0 Å². The van der Waals surface area contributed by atoms with Gasteiger partial charge in [-0.25, -0.2) is 8.42 Å². The van der Waals surface area contributed by atoms with Crippen LogP contribution < -0.4 is 28.6 Å². The number of carbonyl (C=O) groups is 2. The van der Waals surface area contributed by atoms with Gasteiger partial charge in [0.15, 0.2) is 11.5 Å². The predicted octanol–water partition coefficient (Wildman–Crippen LogP) is 4.95. The van der Waals surface area contributed by atoms with Gasteiger partial charge in [0.1, 0.15) is 24.1 Å². The minimum atomic E-state index is -4.44. The Kier molecular flexibility index (Phi) is 11.9.